The molecule has 0 aromatic heterocycles. The highest BCUT2D eigenvalue weighted by Gasteiger charge is 2.72. The van der Waals surface area contributed by atoms with Crippen molar-refractivity contribution in [3.63, 3.8) is 0 Å². The maximum absolute atomic E-state index is 13.7. The molecule has 0 unspecified atom stereocenters. The minimum atomic E-state index is -1.07. The van der Waals surface area contributed by atoms with E-state index in [2.05, 4.69) is 34.6 Å². The van der Waals surface area contributed by atoms with Crippen molar-refractivity contribution < 1.29 is 25.2 Å². The summed E-state index contributed by atoms with van der Waals surface area (Å²) in [5.74, 6) is 0.696. The van der Waals surface area contributed by atoms with E-state index in [1.54, 1.807) is 11.6 Å². The molecule has 0 amide bonds. The van der Waals surface area contributed by atoms with Crippen LogP contribution in [0.2, 0.25) is 0 Å². The van der Waals surface area contributed by atoms with E-state index in [0.29, 0.717) is 24.7 Å². The van der Waals surface area contributed by atoms with Crippen LogP contribution in [0.3, 0.4) is 0 Å². The number of rotatable bonds is 5. The molecule has 6 aliphatic rings. The quantitative estimate of drug-likeness (QED) is 0.325. The first-order valence-electron chi connectivity index (χ1n) is 16.6. The van der Waals surface area contributed by atoms with E-state index >= 15 is 0 Å². The molecule has 5 fully saturated rings. The molecule has 0 saturated heterocycles. The predicted octanol–water partition coefficient (Wildman–Crippen LogP) is 5.74. The Balaban J connectivity index is 1.32. The van der Waals surface area contributed by atoms with Crippen LogP contribution in [0.5, 0.6) is 0 Å². The molecular formula is C35H54O5. The van der Waals surface area contributed by atoms with Gasteiger partial charge in [0.1, 0.15) is 0 Å². The summed E-state index contributed by atoms with van der Waals surface area (Å²) in [5.41, 5.74) is 2.05. The van der Waals surface area contributed by atoms with Gasteiger partial charge in [0.15, 0.2) is 5.78 Å². The van der Waals surface area contributed by atoms with Crippen LogP contribution < -0.4 is 0 Å². The fourth-order valence-corrected chi connectivity index (χ4v) is 11.7. The standard InChI is InChI=1S/C35H54O5/c1-19(2)23(21-9-7-6-8-10-21)15-28(36)20(3)24-13-14-35(40)27-17-29(37)26-16-30(38)32(39)25-12-11-22(18-33(24,35)4)31(27)34(25,26)5/h17,19-20,22,24-26,28,30-32,36,38-40H,6-16,18H2,1-5H3/t20-,22+,24+,25+,26-,28+,30+,31-,32-,33+,34-,35+/m0/s1. The molecule has 0 heterocycles. The second-order valence-electron chi connectivity index (χ2n) is 15.7. The molecule has 5 nitrogen and oxygen atoms in total. The number of allylic oxidation sites excluding steroid dienone is 2. The highest BCUT2D eigenvalue weighted by Crippen LogP contribution is 2.72. The SMILES string of the molecule is CC(C)C(C[C@@H](O)[C@@H](C)[C@H]1CC[C@@]2(O)C3=CC(=O)[C@@H]4C[C@@H](O)[C@@H](O)[C@H]5CC[C@H](C[C@]12C)[C@@H]3[C@@]54C)=C1CCCCC1. The molecule has 4 N–H and O–H groups in total. The fraction of sp³-hybridized carbons (Fsp3) is 0.857. The third-order valence-corrected chi connectivity index (χ3v) is 13.8. The zero-order chi connectivity index (χ0) is 28.8. The van der Waals surface area contributed by atoms with E-state index in [9.17, 15) is 25.2 Å². The number of carbonyl (C=O) groups excluding carboxylic acids is 1. The third-order valence-electron chi connectivity index (χ3n) is 13.8. The molecular weight excluding hydrogens is 500 g/mol. The highest BCUT2D eigenvalue weighted by molar-refractivity contribution is 5.95. The van der Waals surface area contributed by atoms with Crippen molar-refractivity contribution in [2.24, 2.45) is 52.3 Å². The molecule has 12 atom stereocenters. The van der Waals surface area contributed by atoms with Gasteiger partial charge in [-0.05, 0) is 123 Å². The van der Waals surface area contributed by atoms with Crippen molar-refractivity contribution in [2.75, 3.05) is 0 Å². The molecule has 5 heteroatoms. The molecule has 6 rings (SSSR count). The number of hydrogen-bond acceptors (Lipinski definition) is 5. The molecule has 0 aliphatic heterocycles. The van der Waals surface area contributed by atoms with E-state index in [1.807, 2.05) is 0 Å². The topological polar surface area (TPSA) is 98.0 Å². The van der Waals surface area contributed by atoms with Crippen molar-refractivity contribution in [1.29, 1.82) is 0 Å². The Morgan fingerprint density at radius 3 is 2.42 bits per heavy atom. The largest absolute Gasteiger partial charge is 0.393 e. The fourth-order valence-electron chi connectivity index (χ4n) is 11.7. The lowest BCUT2D eigenvalue weighted by Gasteiger charge is -2.67. The number of hydrogen-bond donors (Lipinski definition) is 4. The summed E-state index contributed by atoms with van der Waals surface area (Å²) in [5, 5.41) is 46.1. The first-order chi connectivity index (χ1) is 18.8. The lowest BCUT2D eigenvalue weighted by Crippen LogP contribution is -2.68. The van der Waals surface area contributed by atoms with Gasteiger partial charge in [-0.2, -0.15) is 0 Å². The van der Waals surface area contributed by atoms with Crippen molar-refractivity contribution in [2.45, 2.75) is 136 Å². The van der Waals surface area contributed by atoms with Gasteiger partial charge in [0.2, 0.25) is 0 Å². The van der Waals surface area contributed by atoms with Crippen molar-refractivity contribution in [1.82, 2.24) is 0 Å². The number of ketones is 1. The molecule has 40 heavy (non-hydrogen) atoms. The first kappa shape index (κ1) is 29.1. The number of carbonyl (C=O) groups is 1. The van der Waals surface area contributed by atoms with Gasteiger partial charge in [0.05, 0.1) is 23.9 Å². The Morgan fingerprint density at radius 1 is 1.05 bits per heavy atom. The van der Waals surface area contributed by atoms with Crippen LogP contribution in [-0.4, -0.2) is 50.1 Å². The molecule has 224 valence electrons. The average Bonchev–Trinajstić information content (AvgIpc) is 3.19. The lowest BCUT2D eigenvalue weighted by atomic mass is 9.38. The Bertz CT molecular complexity index is 1080. The summed E-state index contributed by atoms with van der Waals surface area (Å²) in [6, 6.07) is 0. The summed E-state index contributed by atoms with van der Waals surface area (Å²) < 4.78 is 0. The van der Waals surface area contributed by atoms with Crippen LogP contribution in [0.15, 0.2) is 22.8 Å². The number of aliphatic hydroxyl groups is 4. The Hall–Kier alpha value is -1.01. The summed E-state index contributed by atoms with van der Waals surface area (Å²) in [4.78, 5) is 13.7. The van der Waals surface area contributed by atoms with Crippen LogP contribution in [0.4, 0.5) is 0 Å². The zero-order valence-corrected chi connectivity index (χ0v) is 25.5. The lowest BCUT2D eigenvalue weighted by molar-refractivity contribution is -0.204. The molecule has 5 saturated carbocycles. The monoisotopic (exact) mass is 554 g/mol. The van der Waals surface area contributed by atoms with Gasteiger partial charge in [0.25, 0.3) is 0 Å². The van der Waals surface area contributed by atoms with Crippen molar-refractivity contribution in [3.05, 3.63) is 22.8 Å². The normalized spacial score (nSPS) is 47.9. The van der Waals surface area contributed by atoms with Crippen LogP contribution in [-0.2, 0) is 4.79 Å². The van der Waals surface area contributed by atoms with E-state index in [4.69, 9.17) is 0 Å². The van der Waals surface area contributed by atoms with Gasteiger partial charge in [0, 0.05) is 11.3 Å². The third kappa shape index (κ3) is 3.96. The average molecular weight is 555 g/mol. The van der Waals surface area contributed by atoms with Crippen LogP contribution in [0.1, 0.15) is 112 Å². The predicted molar refractivity (Wildman–Crippen MR) is 156 cm³/mol. The summed E-state index contributed by atoms with van der Waals surface area (Å²) in [6.45, 7) is 11.2. The van der Waals surface area contributed by atoms with Crippen LogP contribution >= 0.6 is 0 Å². The van der Waals surface area contributed by atoms with Gasteiger partial charge in [-0.1, -0.05) is 52.2 Å². The molecule has 0 radical (unpaired) electrons. The van der Waals surface area contributed by atoms with Gasteiger partial charge in [-0.3, -0.25) is 4.79 Å². The minimum Gasteiger partial charge on any atom is -0.393 e. The molecule has 0 aromatic rings. The second-order valence-corrected chi connectivity index (χ2v) is 15.7. The van der Waals surface area contributed by atoms with Gasteiger partial charge < -0.3 is 20.4 Å². The maximum Gasteiger partial charge on any atom is 0.159 e. The maximum atomic E-state index is 13.7. The highest BCUT2D eigenvalue weighted by atomic mass is 16.3. The Labute approximate surface area is 241 Å². The second kappa shape index (κ2) is 10.0. The molecule has 0 spiro atoms. The molecule has 0 aromatic carbocycles. The summed E-state index contributed by atoms with van der Waals surface area (Å²) in [7, 11) is 0. The zero-order valence-electron chi connectivity index (χ0n) is 25.5. The molecule has 0 bridgehead atoms. The van der Waals surface area contributed by atoms with Gasteiger partial charge >= 0.3 is 0 Å². The number of fused-ring (bicyclic) bond motifs is 2. The molecule has 6 aliphatic carbocycles. The first-order valence-corrected chi connectivity index (χ1v) is 16.6. The summed E-state index contributed by atoms with van der Waals surface area (Å²) >= 11 is 0. The van der Waals surface area contributed by atoms with Crippen LogP contribution in [0.25, 0.3) is 0 Å². The van der Waals surface area contributed by atoms with Crippen molar-refractivity contribution >= 4 is 5.78 Å². The summed E-state index contributed by atoms with van der Waals surface area (Å²) in [6.07, 6.45) is 11.1. The Kier molecular flexibility index (Phi) is 7.29. The van der Waals surface area contributed by atoms with E-state index in [0.717, 1.165) is 37.7 Å². The number of aliphatic hydroxyl groups excluding tert-OH is 3. The Morgan fingerprint density at radius 2 is 1.75 bits per heavy atom. The van der Waals surface area contributed by atoms with E-state index < -0.39 is 34.7 Å². The minimum absolute atomic E-state index is 0.0280. The van der Waals surface area contributed by atoms with Gasteiger partial charge in [-0.15, -0.1) is 0 Å². The van der Waals surface area contributed by atoms with Crippen molar-refractivity contribution in [3.8, 4) is 0 Å². The van der Waals surface area contributed by atoms with E-state index in [-0.39, 0.29) is 35.4 Å². The van der Waals surface area contributed by atoms with Gasteiger partial charge in [-0.25, -0.2) is 0 Å². The smallest absolute Gasteiger partial charge is 0.159 e. The van der Waals surface area contributed by atoms with E-state index in [1.165, 1.54) is 37.7 Å². The van der Waals surface area contributed by atoms with Crippen LogP contribution in [0, 0.1) is 52.3 Å².